The van der Waals surface area contributed by atoms with Crippen LogP contribution in [-0.2, 0) is 23.7 Å². The maximum absolute atomic E-state index is 13.8. The van der Waals surface area contributed by atoms with Crippen molar-refractivity contribution in [1.82, 2.24) is 0 Å². The lowest BCUT2D eigenvalue weighted by Gasteiger charge is -2.45. The zero-order chi connectivity index (χ0) is 37.8. The van der Waals surface area contributed by atoms with Crippen LogP contribution in [0, 0.1) is 0 Å². The largest absolute Gasteiger partial charge is 0.508 e. The fourth-order valence-corrected chi connectivity index (χ4v) is 6.02. The topological polar surface area (TPSA) is 328 Å². The predicted octanol–water partition coefficient (Wildman–Crippen LogP) is -3.22. The fourth-order valence-electron chi connectivity index (χ4n) is 6.02. The molecule has 0 unspecified atom stereocenters. The molecule has 2 aromatic carbocycles. The molecule has 52 heavy (non-hydrogen) atoms. The van der Waals surface area contributed by atoms with E-state index in [-0.39, 0.29) is 11.1 Å². The van der Waals surface area contributed by atoms with Gasteiger partial charge in [-0.3, -0.25) is 4.79 Å². The lowest BCUT2D eigenvalue weighted by molar-refractivity contribution is -0.359. The van der Waals surface area contributed by atoms with Crippen LogP contribution in [0.2, 0.25) is 0 Å². The Morgan fingerprint density at radius 2 is 1.44 bits per heavy atom. The zero-order valence-electron chi connectivity index (χ0n) is 27.0. The zero-order valence-corrected chi connectivity index (χ0v) is 27.0. The van der Waals surface area contributed by atoms with Gasteiger partial charge in [-0.05, 0) is 25.1 Å². The molecular formula is C32H38O20. The molecule has 3 fully saturated rings. The molecule has 0 bridgehead atoms. The molecule has 4 heterocycles. The molecular weight excluding hydrogens is 704 g/mol. The summed E-state index contributed by atoms with van der Waals surface area (Å²) in [6, 6.07) is 5.14. The number of rotatable bonds is 8. The second-order valence-corrected chi connectivity index (χ2v) is 12.6. The molecule has 3 saturated heterocycles. The molecule has 0 aliphatic carbocycles. The first kappa shape index (κ1) is 37.9. The Hall–Kier alpha value is -3.87. The molecule has 0 spiro atoms. The molecule has 286 valence electrons. The molecule has 3 aromatic rings. The van der Waals surface area contributed by atoms with Gasteiger partial charge in [0, 0.05) is 17.7 Å². The first-order valence-electron chi connectivity index (χ1n) is 15.9. The van der Waals surface area contributed by atoms with Gasteiger partial charge in [0.2, 0.25) is 17.5 Å². The van der Waals surface area contributed by atoms with Crippen molar-refractivity contribution in [2.75, 3.05) is 13.2 Å². The lowest BCUT2D eigenvalue weighted by Crippen LogP contribution is -2.63. The molecule has 20 nitrogen and oxygen atoms in total. The van der Waals surface area contributed by atoms with Crippen LogP contribution in [0.3, 0.4) is 0 Å². The highest BCUT2D eigenvalue weighted by Crippen LogP contribution is 2.39. The summed E-state index contributed by atoms with van der Waals surface area (Å²) in [5, 5.41) is 124. The van der Waals surface area contributed by atoms with Gasteiger partial charge in [-0.2, -0.15) is 0 Å². The third-order valence-corrected chi connectivity index (χ3v) is 9.01. The Morgan fingerprint density at radius 1 is 0.731 bits per heavy atom. The number of hydrogen-bond donors (Lipinski definition) is 12. The van der Waals surface area contributed by atoms with E-state index >= 15 is 0 Å². The molecule has 0 saturated carbocycles. The summed E-state index contributed by atoms with van der Waals surface area (Å²) < 4.78 is 39.5. The molecule has 3 aliphatic rings. The Balaban J connectivity index is 1.27. The maximum atomic E-state index is 13.8. The normalized spacial score (nSPS) is 36.9. The van der Waals surface area contributed by atoms with Gasteiger partial charge < -0.3 is 94.1 Å². The highest BCUT2D eigenvalue weighted by Gasteiger charge is 2.50. The maximum Gasteiger partial charge on any atom is 0.239 e. The number of phenolic OH excluding ortho intramolecular Hbond substituents is 4. The van der Waals surface area contributed by atoms with Gasteiger partial charge in [0.05, 0.1) is 19.3 Å². The van der Waals surface area contributed by atoms with E-state index in [0.717, 1.165) is 24.3 Å². The molecule has 0 radical (unpaired) electrons. The van der Waals surface area contributed by atoms with E-state index in [4.69, 9.17) is 32.8 Å². The van der Waals surface area contributed by atoms with E-state index in [1.165, 1.54) is 13.0 Å². The van der Waals surface area contributed by atoms with E-state index < -0.39 is 145 Å². The summed E-state index contributed by atoms with van der Waals surface area (Å²) in [5.74, 6) is -3.53. The number of benzene rings is 2. The first-order chi connectivity index (χ1) is 24.6. The van der Waals surface area contributed by atoms with E-state index in [0.29, 0.717) is 0 Å². The van der Waals surface area contributed by atoms with Crippen molar-refractivity contribution in [1.29, 1.82) is 0 Å². The third kappa shape index (κ3) is 7.09. The number of hydrogen-bond acceptors (Lipinski definition) is 20. The van der Waals surface area contributed by atoms with E-state index in [9.17, 15) is 66.1 Å². The van der Waals surface area contributed by atoms with Crippen LogP contribution in [0.15, 0.2) is 39.5 Å². The molecule has 20 heteroatoms. The molecule has 12 N–H and O–H groups in total. The van der Waals surface area contributed by atoms with Gasteiger partial charge in [0.15, 0.2) is 29.8 Å². The summed E-state index contributed by atoms with van der Waals surface area (Å²) in [6.07, 6.45) is -23.5. The first-order valence-corrected chi connectivity index (χ1v) is 15.9. The van der Waals surface area contributed by atoms with Crippen molar-refractivity contribution < 1.29 is 94.1 Å². The minimum atomic E-state index is -2.04. The predicted molar refractivity (Wildman–Crippen MR) is 167 cm³/mol. The number of ether oxygens (including phenoxy) is 6. The van der Waals surface area contributed by atoms with Crippen LogP contribution in [0.4, 0.5) is 0 Å². The van der Waals surface area contributed by atoms with Crippen molar-refractivity contribution in [2.24, 2.45) is 0 Å². The van der Waals surface area contributed by atoms with E-state index in [1.54, 1.807) is 0 Å². The molecule has 3 aliphatic heterocycles. The quantitative estimate of drug-likeness (QED) is 0.101. The Morgan fingerprint density at radius 3 is 2.15 bits per heavy atom. The standard InChI is InChI=1S/C32H38O20/c1-9-19(38)24(43)29(52-30-25(44)20(39)15(37)7-46-30)32(48-9)47-8-17-21(40)23(42)26(45)31(50-17)51-28-22(41)18-14(36)5-11(33)6-16(18)49-27(28)10-2-3-12(34)13(35)4-10/h2-6,9,15,17,19-21,23-26,29-40,42-45H,7-8H2,1H3/t9-,15-,17+,19-,20-,21+,23+,24+,25-,26-,29+,30+,31-,32-/m0/s1. The summed E-state index contributed by atoms with van der Waals surface area (Å²) in [5.41, 5.74) is -1.46. The number of fused-ring (bicyclic) bond motifs is 1. The summed E-state index contributed by atoms with van der Waals surface area (Å²) in [6.45, 7) is 0.238. The van der Waals surface area contributed by atoms with Crippen molar-refractivity contribution in [2.45, 2.75) is 92.9 Å². The number of aromatic hydroxyl groups is 4. The molecule has 0 amide bonds. The van der Waals surface area contributed by atoms with E-state index in [2.05, 4.69) is 0 Å². The molecule has 6 rings (SSSR count). The van der Waals surface area contributed by atoms with Crippen molar-refractivity contribution in [3.05, 3.63) is 40.6 Å². The Kier molecular flexibility index (Phi) is 10.8. The SMILES string of the molecule is C[C@@H]1O[C@H](OC[C@H]2O[C@@H](Oc3c(-c4ccc(O)c(O)c4)oc4cc(O)cc(O)c4c3=O)[C@@H](O)[C@H](O)[C@@H]2O)[C@H](O[C@H]2OC[C@H](O)[C@H](O)[C@@H]2O)[C@H](O)[C@H]1O. The average Bonchev–Trinajstić information content (AvgIpc) is 3.10. The molecule has 14 atom stereocenters. The van der Waals surface area contributed by atoms with Gasteiger partial charge in [0.1, 0.15) is 83.5 Å². The summed E-state index contributed by atoms with van der Waals surface area (Å²) in [4.78, 5) is 13.8. The lowest BCUT2D eigenvalue weighted by atomic mass is 9.98. The van der Waals surface area contributed by atoms with Gasteiger partial charge >= 0.3 is 0 Å². The number of phenols is 4. The van der Waals surface area contributed by atoms with Crippen molar-refractivity contribution in [3.8, 4) is 40.1 Å². The van der Waals surface area contributed by atoms with Crippen LogP contribution in [0.25, 0.3) is 22.3 Å². The van der Waals surface area contributed by atoms with Gasteiger partial charge in [-0.25, -0.2) is 0 Å². The van der Waals surface area contributed by atoms with Crippen LogP contribution in [0.5, 0.6) is 28.7 Å². The number of aliphatic hydroxyl groups is 8. The third-order valence-electron chi connectivity index (χ3n) is 9.01. The highest BCUT2D eigenvalue weighted by molar-refractivity contribution is 5.88. The van der Waals surface area contributed by atoms with E-state index in [1.807, 2.05) is 0 Å². The second kappa shape index (κ2) is 14.9. The minimum Gasteiger partial charge on any atom is -0.508 e. The monoisotopic (exact) mass is 742 g/mol. The smallest absolute Gasteiger partial charge is 0.239 e. The van der Waals surface area contributed by atoms with Crippen LogP contribution in [0.1, 0.15) is 6.92 Å². The van der Waals surface area contributed by atoms with Gasteiger partial charge in [0.25, 0.3) is 0 Å². The van der Waals surface area contributed by atoms with Gasteiger partial charge in [-0.15, -0.1) is 0 Å². The molecule has 1 aromatic heterocycles. The number of aliphatic hydroxyl groups excluding tert-OH is 8. The Bertz CT molecular complexity index is 1800. The summed E-state index contributed by atoms with van der Waals surface area (Å²) >= 11 is 0. The average molecular weight is 743 g/mol. The van der Waals surface area contributed by atoms with Crippen LogP contribution >= 0.6 is 0 Å². The van der Waals surface area contributed by atoms with Crippen LogP contribution in [-0.4, -0.2) is 161 Å². The minimum absolute atomic E-state index is 0.0673. The highest BCUT2D eigenvalue weighted by atomic mass is 16.8. The summed E-state index contributed by atoms with van der Waals surface area (Å²) in [7, 11) is 0. The van der Waals surface area contributed by atoms with Crippen LogP contribution < -0.4 is 10.2 Å². The fraction of sp³-hybridized carbons (Fsp3) is 0.531. The second-order valence-electron chi connectivity index (χ2n) is 12.6. The van der Waals surface area contributed by atoms with Gasteiger partial charge in [-0.1, -0.05) is 0 Å². The van der Waals surface area contributed by atoms with Crippen molar-refractivity contribution >= 4 is 11.0 Å². The van der Waals surface area contributed by atoms with Crippen molar-refractivity contribution in [3.63, 3.8) is 0 Å². The Labute approximate surface area is 292 Å².